The zero-order valence-electron chi connectivity index (χ0n) is 9.72. The molecule has 0 bridgehead atoms. The third-order valence-electron chi connectivity index (χ3n) is 3.27. The van der Waals surface area contributed by atoms with E-state index in [2.05, 4.69) is 19.3 Å². The molecule has 1 aliphatic rings. The van der Waals surface area contributed by atoms with Crippen LogP contribution in [0, 0.1) is 5.92 Å². The van der Waals surface area contributed by atoms with E-state index in [1.165, 1.54) is 38.5 Å². The maximum Gasteiger partial charge on any atom is 0.0509 e. The Morgan fingerprint density at radius 1 is 1.29 bits per heavy atom. The number of hydrogen-bond acceptors (Lipinski definition) is 2. The van der Waals surface area contributed by atoms with Crippen molar-refractivity contribution in [2.45, 2.75) is 51.5 Å². The fourth-order valence-electron chi connectivity index (χ4n) is 2.29. The van der Waals surface area contributed by atoms with Gasteiger partial charge in [-0.25, -0.2) is 0 Å². The predicted octanol–water partition coefficient (Wildman–Crippen LogP) is 2.58. The SMILES string of the molecule is CCCCCCC1COCCC1NC. The Labute approximate surface area is 88.4 Å². The molecule has 0 radical (unpaired) electrons. The normalized spacial score (nSPS) is 27.9. The van der Waals surface area contributed by atoms with E-state index in [0.717, 1.165) is 19.1 Å². The van der Waals surface area contributed by atoms with Crippen LogP contribution in [0.25, 0.3) is 0 Å². The number of rotatable bonds is 6. The Hall–Kier alpha value is -0.0800. The molecule has 1 N–H and O–H groups in total. The van der Waals surface area contributed by atoms with Crippen LogP contribution in [-0.4, -0.2) is 26.3 Å². The minimum atomic E-state index is 0.699. The summed E-state index contributed by atoms with van der Waals surface area (Å²) in [5, 5.41) is 3.41. The van der Waals surface area contributed by atoms with E-state index < -0.39 is 0 Å². The highest BCUT2D eigenvalue weighted by Crippen LogP contribution is 2.20. The molecule has 0 aromatic carbocycles. The molecule has 1 saturated heterocycles. The number of ether oxygens (including phenoxy) is 1. The highest BCUT2D eigenvalue weighted by atomic mass is 16.5. The van der Waals surface area contributed by atoms with E-state index in [-0.39, 0.29) is 0 Å². The first kappa shape index (κ1) is 12.0. The molecular formula is C12H25NO. The first-order chi connectivity index (χ1) is 6.88. The average molecular weight is 199 g/mol. The van der Waals surface area contributed by atoms with Crippen molar-refractivity contribution in [2.75, 3.05) is 20.3 Å². The van der Waals surface area contributed by atoms with Crippen LogP contribution in [0.4, 0.5) is 0 Å². The van der Waals surface area contributed by atoms with Crippen LogP contribution >= 0.6 is 0 Å². The number of nitrogens with one attached hydrogen (secondary N) is 1. The lowest BCUT2D eigenvalue weighted by atomic mass is 9.90. The van der Waals surface area contributed by atoms with Gasteiger partial charge in [-0.15, -0.1) is 0 Å². The average Bonchev–Trinajstić information content (AvgIpc) is 2.25. The third kappa shape index (κ3) is 3.97. The van der Waals surface area contributed by atoms with Crippen LogP contribution in [0.1, 0.15) is 45.4 Å². The van der Waals surface area contributed by atoms with Crippen molar-refractivity contribution in [2.24, 2.45) is 5.92 Å². The molecule has 0 spiro atoms. The summed E-state index contributed by atoms with van der Waals surface area (Å²) >= 11 is 0. The summed E-state index contributed by atoms with van der Waals surface area (Å²) < 4.78 is 5.53. The highest BCUT2D eigenvalue weighted by molar-refractivity contribution is 4.78. The van der Waals surface area contributed by atoms with E-state index in [1.54, 1.807) is 0 Å². The van der Waals surface area contributed by atoms with Gasteiger partial charge in [0.05, 0.1) is 6.61 Å². The maximum atomic E-state index is 5.53. The Balaban J connectivity index is 2.13. The summed E-state index contributed by atoms with van der Waals surface area (Å²) in [7, 11) is 2.08. The minimum Gasteiger partial charge on any atom is -0.381 e. The fourth-order valence-corrected chi connectivity index (χ4v) is 2.29. The van der Waals surface area contributed by atoms with Crippen molar-refractivity contribution in [3.8, 4) is 0 Å². The molecular weight excluding hydrogens is 174 g/mol. The van der Waals surface area contributed by atoms with Gasteiger partial charge in [-0.2, -0.15) is 0 Å². The van der Waals surface area contributed by atoms with Crippen molar-refractivity contribution < 1.29 is 4.74 Å². The molecule has 2 nitrogen and oxygen atoms in total. The topological polar surface area (TPSA) is 21.3 Å². The fraction of sp³-hybridized carbons (Fsp3) is 1.00. The smallest absolute Gasteiger partial charge is 0.0509 e. The van der Waals surface area contributed by atoms with E-state index in [4.69, 9.17) is 4.74 Å². The van der Waals surface area contributed by atoms with Crippen LogP contribution in [0.2, 0.25) is 0 Å². The zero-order valence-corrected chi connectivity index (χ0v) is 9.72. The molecule has 0 aromatic heterocycles. The predicted molar refractivity (Wildman–Crippen MR) is 60.5 cm³/mol. The van der Waals surface area contributed by atoms with Crippen LogP contribution in [0.15, 0.2) is 0 Å². The van der Waals surface area contributed by atoms with Crippen LogP contribution < -0.4 is 5.32 Å². The quantitative estimate of drug-likeness (QED) is 0.664. The molecule has 1 rings (SSSR count). The van der Waals surface area contributed by atoms with Crippen molar-refractivity contribution in [3.05, 3.63) is 0 Å². The lowest BCUT2D eigenvalue weighted by molar-refractivity contribution is 0.0298. The second-order valence-electron chi connectivity index (χ2n) is 4.37. The van der Waals surface area contributed by atoms with Crippen LogP contribution in [0.3, 0.4) is 0 Å². The molecule has 1 fully saturated rings. The monoisotopic (exact) mass is 199 g/mol. The van der Waals surface area contributed by atoms with Gasteiger partial charge in [0.1, 0.15) is 0 Å². The molecule has 1 aliphatic heterocycles. The molecule has 0 aliphatic carbocycles. The first-order valence-electron chi connectivity index (χ1n) is 6.13. The van der Waals surface area contributed by atoms with Gasteiger partial charge in [-0.05, 0) is 25.8 Å². The Morgan fingerprint density at radius 3 is 2.86 bits per heavy atom. The van der Waals surface area contributed by atoms with Crippen molar-refractivity contribution in [1.29, 1.82) is 0 Å². The van der Waals surface area contributed by atoms with Crippen LogP contribution in [-0.2, 0) is 4.74 Å². The highest BCUT2D eigenvalue weighted by Gasteiger charge is 2.23. The van der Waals surface area contributed by atoms with Gasteiger partial charge >= 0.3 is 0 Å². The molecule has 1 heterocycles. The van der Waals surface area contributed by atoms with Gasteiger partial charge in [-0.3, -0.25) is 0 Å². The number of unbranched alkanes of at least 4 members (excludes halogenated alkanes) is 3. The van der Waals surface area contributed by atoms with Gasteiger partial charge in [0.15, 0.2) is 0 Å². The van der Waals surface area contributed by atoms with Gasteiger partial charge in [0.25, 0.3) is 0 Å². The maximum absolute atomic E-state index is 5.53. The van der Waals surface area contributed by atoms with E-state index in [1.807, 2.05) is 0 Å². The summed E-state index contributed by atoms with van der Waals surface area (Å²) in [5.41, 5.74) is 0. The van der Waals surface area contributed by atoms with Gasteiger partial charge < -0.3 is 10.1 Å². The minimum absolute atomic E-state index is 0.699. The molecule has 0 saturated carbocycles. The standard InChI is InChI=1S/C12H25NO/c1-3-4-5-6-7-11-10-14-9-8-12(11)13-2/h11-13H,3-10H2,1-2H3. The summed E-state index contributed by atoms with van der Waals surface area (Å²) in [5.74, 6) is 0.755. The number of hydrogen-bond donors (Lipinski definition) is 1. The molecule has 2 atom stereocenters. The molecule has 0 amide bonds. The second-order valence-corrected chi connectivity index (χ2v) is 4.37. The summed E-state index contributed by atoms with van der Waals surface area (Å²) in [4.78, 5) is 0. The summed E-state index contributed by atoms with van der Waals surface area (Å²) in [6.45, 7) is 4.18. The van der Waals surface area contributed by atoms with Gasteiger partial charge in [0, 0.05) is 12.6 Å². The molecule has 84 valence electrons. The largest absolute Gasteiger partial charge is 0.381 e. The van der Waals surface area contributed by atoms with Gasteiger partial charge in [-0.1, -0.05) is 32.6 Å². The lowest BCUT2D eigenvalue weighted by Gasteiger charge is -2.31. The van der Waals surface area contributed by atoms with E-state index >= 15 is 0 Å². The third-order valence-corrected chi connectivity index (χ3v) is 3.27. The first-order valence-corrected chi connectivity index (χ1v) is 6.13. The molecule has 2 heteroatoms. The van der Waals surface area contributed by atoms with Crippen molar-refractivity contribution >= 4 is 0 Å². The van der Waals surface area contributed by atoms with E-state index in [9.17, 15) is 0 Å². The Morgan fingerprint density at radius 2 is 2.14 bits per heavy atom. The summed E-state index contributed by atoms with van der Waals surface area (Å²) in [6.07, 6.45) is 8.01. The Bertz CT molecular complexity index is 138. The van der Waals surface area contributed by atoms with Crippen molar-refractivity contribution in [3.63, 3.8) is 0 Å². The molecule has 14 heavy (non-hydrogen) atoms. The van der Waals surface area contributed by atoms with Crippen molar-refractivity contribution in [1.82, 2.24) is 5.32 Å². The summed E-state index contributed by atoms with van der Waals surface area (Å²) in [6, 6.07) is 0.699. The molecule has 0 aromatic rings. The second kappa shape index (κ2) is 7.24. The van der Waals surface area contributed by atoms with E-state index in [0.29, 0.717) is 6.04 Å². The van der Waals surface area contributed by atoms with Gasteiger partial charge in [0.2, 0.25) is 0 Å². The van der Waals surface area contributed by atoms with Crippen LogP contribution in [0.5, 0.6) is 0 Å². The lowest BCUT2D eigenvalue weighted by Crippen LogP contribution is -2.40. The zero-order chi connectivity index (χ0) is 10.2. The Kier molecular flexibility index (Phi) is 6.20. The molecule has 2 unspecified atom stereocenters.